The smallest absolute Gasteiger partial charge is 0.250 e. The van der Waals surface area contributed by atoms with Crippen LogP contribution in [0.4, 0.5) is 0 Å². The Morgan fingerprint density at radius 1 is 1.06 bits per heavy atom. The second-order valence-electron chi connectivity index (χ2n) is 3.61. The molecule has 0 saturated heterocycles. The van der Waals surface area contributed by atoms with E-state index < -0.39 is 0 Å². The molecule has 0 aliphatic carbocycles. The normalized spacial score (nSPS) is 21.0. The van der Waals surface area contributed by atoms with Crippen molar-refractivity contribution in [3.63, 3.8) is 0 Å². The largest absolute Gasteiger partial charge is 0.314 e. The lowest BCUT2D eigenvalue weighted by Gasteiger charge is -2.06. The fraction of sp³-hybridized carbons (Fsp3) is 0.0714. The molecule has 1 heterocycles. The average Bonchev–Trinajstić information content (AvgIpc) is 2.40. The summed E-state index contributed by atoms with van der Waals surface area (Å²) >= 11 is 0. The summed E-state index contributed by atoms with van der Waals surface area (Å²) in [5, 5.41) is 0. The van der Waals surface area contributed by atoms with E-state index in [-0.39, 0.29) is 12.3 Å². The van der Waals surface area contributed by atoms with Crippen LogP contribution in [0.1, 0.15) is 12.0 Å². The number of carbonyl (C=O) groups is 1. The van der Waals surface area contributed by atoms with Crippen LogP contribution < -0.4 is 10.4 Å². The standard InChI is InChI=1S/C14H13NO3/c16-14-11-5-3-1-2-4-8-12-9-6-7-10-13(12)17-18-15-14/h1-10H,11H2,(H,15,16)/b2-1-,5-3-,8-4-. The van der Waals surface area contributed by atoms with E-state index in [2.05, 4.69) is 5.48 Å². The Balaban J connectivity index is 2.21. The number of rotatable bonds is 0. The van der Waals surface area contributed by atoms with Crippen molar-refractivity contribution in [2.45, 2.75) is 6.42 Å². The SMILES string of the molecule is O=C1C\C=C/C=C\C=C/c2ccccc2OON1. The van der Waals surface area contributed by atoms with Gasteiger partial charge in [0.05, 0.1) is 0 Å². The molecule has 1 aromatic carbocycles. The minimum absolute atomic E-state index is 0.235. The zero-order valence-electron chi connectivity index (χ0n) is 9.71. The van der Waals surface area contributed by atoms with E-state index in [0.717, 1.165) is 5.56 Å². The first-order valence-electron chi connectivity index (χ1n) is 5.57. The quantitative estimate of drug-likeness (QED) is 0.712. The number of amides is 1. The maximum Gasteiger partial charge on any atom is 0.250 e. The summed E-state index contributed by atoms with van der Waals surface area (Å²) in [6.07, 6.45) is 11.3. The summed E-state index contributed by atoms with van der Waals surface area (Å²) in [4.78, 5) is 21.0. The van der Waals surface area contributed by atoms with Crippen LogP contribution in [0.25, 0.3) is 6.08 Å². The Kier molecular flexibility index (Phi) is 4.33. The first-order chi connectivity index (χ1) is 8.86. The molecular weight excluding hydrogens is 230 g/mol. The molecule has 0 spiro atoms. The van der Waals surface area contributed by atoms with Crippen molar-refractivity contribution < 1.29 is 14.7 Å². The summed E-state index contributed by atoms with van der Waals surface area (Å²) in [5.41, 5.74) is 3.06. The van der Waals surface area contributed by atoms with E-state index in [0.29, 0.717) is 5.75 Å². The molecule has 0 aromatic heterocycles. The van der Waals surface area contributed by atoms with E-state index >= 15 is 0 Å². The molecule has 1 amide bonds. The predicted molar refractivity (Wildman–Crippen MR) is 68.2 cm³/mol. The second-order valence-corrected chi connectivity index (χ2v) is 3.61. The number of allylic oxidation sites excluding steroid dienone is 4. The summed E-state index contributed by atoms with van der Waals surface area (Å²) in [6.45, 7) is 0. The van der Waals surface area contributed by atoms with Crippen LogP contribution in [0.15, 0.2) is 54.6 Å². The molecule has 4 heteroatoms. The highest BCUT2D eigenvalue weighted by atomic mass is 17.3. The van der Waals surface area contributed by atoms with Crippen LogP contribution in [0.3, 0.4) is 0 Å². The maximum atomic E-state index is 11.3. The van der Waals surface area contributed by atoms with Gasteiger partial charge in [-0.1, -0.05) is 59.6 Å². The number of hydroxylamine groups is 1. The number of nitrogens with one attached hydrogen (secondary N) is 1. The van der Waals surface area contributed by atoms with Gasteiger partial charge < -0.3 is 4.89 Å². The monoisotopic (exact) mass is 243 g/mol. The van der Waals surface area contributed by atoms with E-state index in [9.17, 15) is 4.79 Å². The van der Waals surface area contributed by atoms with Crippen molar-refractivity contribution in [1.29, 1.82) is 0 Å². The zero-order valence-corrected chi connectivity index (χ0v) is 9.71. The Morgan fingerprint density at radius 2 is 1.89 bits per heavy atom. The molecule has 0 unspecified atom stereocenters. The van der Waals surface area contributed by atoms with E-state index in [1.165, 1.54) is 0 Å². The number of hydrogen-bond acceptors (Lipinski definition) is 3. The summed E-state index contributed by atoms with van der Waals surface area (Å²) in [7, 11) is 0. The van der Waals surface area contributed by atoms with Crippen LogP contribution in [-0.4, -0.2) is 5.91 Å². The molecule has 4 nitrogen and oxygen atoms in total. The van der Waals surface area contributed by atoms with Gasteiger partial charge in [0.25, 0.3) is 5.91 Å². The molecule has 0 bridgehead atoms. The number of hydrogen-bond donors (Lipinski definition) is 1. The van der Waals surface area contributed by atoms with Gasteiger partial charge in [-0.25, -0.2) is 0 Å². The van der Waals surface area contributed by atoms with Crippen LogP contribution >= 0.6 is 0 Å². The average molecular weight is 243 g/mol. The van der Waals surface area contributed by atoms with Gasteiger partial charge in [-0.05, 0) is 6.07 Å². The minimum Gasteiger partial charge on any atom is -0.314 e. The number of para-hydroxylation sites is 1. The highest BCUT2D eigenvalue weighted by Crippen LogP contribution is 2.19. The minimum atomic E-state index is -0.274. The fourth-order valence-corrected chi connectivity index (χ4v) is 1.39. The van der Waals surface area contributed by atoms with Gasteiger partial charge >= 0.3 is 0 Å². The van der Waals surface area contributed by atoms with Gasteiger partial charge in [-0.3, -0.25) is 4.79 Å². The van der Waals surface area contributed by atoms with E-state index in [4.69, 9.17) is 9.88 Å². The number of fused-ring (bicyclic) bond motifs is 1. The first kappa shape index (κ1) is 12.1. The molecule has 1 aliphatic heterocycles. The van der Waals surface area contributed by atoms with Gasteiger partial charge in [-0.2, -0.15) is 5.48 Å². The summed E-state index contributed by atoms with van der Waals surface area (Å²) in [5.74, 6) is 0.263. The lowest BCUT2D eigenvalue weighted by molar-refractivity contribution is -0.253. The topological polar surface area (TPSA) is 47.6 Å². The van der Waals surface area contributed by atoms with Gasteiger partial charge in [0.1, 0.15) is 0 Å². The molecule has 92 valence electrons. The zero-order chi connectivity index (χ0) is 12.6. The first-order valence-corrected chi connectivity index (χ1v) is 5.57. The highest BCUT2D eigenvalue weighted by molar-refractivity contribution is 5.76. The van der Waals surface area contributed by atoms with Crippen LogP contribution in [0.5, 0.6) is 5.75 Å². The van der Waals surface area contributed by atoms with E-state index in [1.807, 2.05) is 42.5 Å². The molecule has 1 aromatic rings. The van der Waals surface area contributed by atoms with Crippen molar-refractivity contribution >= 4 is 12.0 Å². The van der Waals surface area contributed by atoms with Gasteiger partial charge in [0, 0.05) is 12.0 Å². The highest BCUT2D eigenvalue weighted by Gasteiger charge is 2.03. The third-order valence-electron chi connectivity index (χ3n) is 2.25. The molecule has 0 radical (unpaired) electrons. The summed E-state index contributed by atoms with van der Waals surface area (Å²) < 4.78 is 0. The second kappa shape index (κ2) is 6.42. The molecule has 2 rings (SSSR count). The number of benzene rings is 1. The predicted octanol–water partition coefficient (Wildman–Crippen LogP) is 2.56. The van der Waals surface area contributed by atoms with Gasteiger partial charge in [0.2, 0.25) is 0 Å². The molecule has 18 heavy (non-hydrogen) atoms. The van der Waals surface area contributed by atoms with Crippen molar-refractivity contribution in [3.05, 3.63) is 60.2 Å². The van der Waals surface area contributed by atoms with E-state index in [1.54, 1.807) is 18.2 Å². The third-order valence-corrected chi connectivity index (χ3v) is 2.25. The molecule has 0 atom stereocenters. The Hall–Kier alpha value is -2.33. The van der Waals surface area contributed by atoms with Crippen LogP contribution in [-0.2, 0) is 9.78 Å². The molecule has 0 fully saturated rings. The molecule has 1 aliphatic rings. The van der Waals surface area contributed by atoms with Crippen molar-refractivity contribution in [2.75, 3.05) is 0 Å². The Bertz CT molecular complexity index is 504. The van der Waals surface area contributed by atoms with Gasteiger partial charge in [0.15, 0.2) is 5.75 Å². The Morgan fingerprint density at radius 3 is 2.83 bits per heavy atom. The molecule has 0 saturated carbocycles. The summed E-state index contributed by atoms with van der Waals surface area (Å²) in [6, 6.07) is 7.37. The van der Waals surface area contributed by atoms with Crippen molar-refractivity contribution in [2.24, 2.45) is 0 Å². The van der Waals surface area contributed by atoms with Crippen LogP contribution in [0.2, 0.25) is 0 Å². The van der Waals surface area contributed by atoms with Crippen LogP contribution in [0, 0.1) is 0 Å². The Labute approximate surface area is 105 Å². The molecule has 1 N–H and O–H groups in total. The maximum absolute atomic E-state index is 11.3. The third kappa shape index (κ3) is 3.61. The lowest BCUT2D eigenvalue weighted by Crippen LogP contribution is -2.24. The molecular formula is C14H13NO3. The number of carbonyl (C=O) groups excluding carboxylic acids is 1. The lowest BCUT2D eigenvalue weighted by atomic mass is 10.2. The van der Waals surface area contributed by atoms with Crippen molar-refractivity contribution in [3.8, 4) is 5.75 Å². The fourth-order valence-electron chi connectivity index (χ4n) is 1.39. The van der Waals surface area contributed by atoms with Gasteiger partial charge in [-0.15, -0.1) is 0 Å². The van der Waals surface area contributed by atoms with Crippen molar-refractivity contribution in [1.82, 2.24) is 5.48 Å².